The van der Waals surface area contributed by atoms with E-state index in [1.807, 2.05) is 10.7 Å². The lowest BCUT2D eigenvalue weighted by Gasteiger charge is -1.98. The van der Waals surface area contributed by atoms with Crippen molar-refractivity contribution in [1.82, 2.24) is 15.0 Å². The van der Waals surface area contributed by atoms with Gasteiger partial charge < -0.3 is 0 Å². The summed E-state index contributed by atoms with van der Waals surface area (Å²) in [5, 5.41) is 18.9. The number of hydrogen-bond acceptors (Lipinski definition) is 4. The van der Waals surface area contributed by atoms with Crippen LogP contribution in [0, 0.1) is 10.1 Å². The smallest absolute Gasteiger partial charge is 0.258 e. The number of non-ortho nitro benzene ring substituents is 1. The van der Waals surface area contributed by atoms with Gasteiger partial charge in [-0.25, -0.2) is 4.68 Å². The van der Waals surface area contributed by atoms with Crippen molar-refractivity contribution < 1.29 is 4.92 Å². The van der Waals surface area contributed by atoms with Gasteiger partial charge in [-0.3, -0.25) is 10.1 Å². The SMILES string of the molecule is O=[N+]([O-])c1cccc(-c2nnn3c2CCC3)c1. The number of nitro groups is 1. The third-order valence-electron chi connectivity index (χ3n) is 2.95. The Kier molecular flexibility index (Phi) is 2.14. The van der Waals surface area contributed by atoms with Crippen LogP contribution in [0.1, 0.15) is 12.1 Å². The first-order chi connectivity index (χ1) is 8.25. The second-order valence-electron chi connectivity index (χ2n) is 4.02. The summed E-state index contributed by atoms with van der Waals surface area (Å²) in [6.07, 6.45) is 2.00. The fourth-order valence-corrected chi connectivity index (χ4v) is 2.15. The van der Waals surface area contributed by atoms with Crippen LogP contribution in [0.2, 0.25) is 0 Å². The molecule has 1 aromatic carbocycles. The predicted molar refractivity (Wildman–Crippen MR) is 60.4 cm³/mol. The summed E-state index contributed by atoms with van der Waals surface area (Å²) >= 11 is 0. The summed E-state index contributed by atoms with van der Waals surface area (Å²) in [5.74, 6) is 0. The highest BCUT2D eigenvalue weighted by molar-refractivity contribution is 5.64. The summed E-state index contributed by atoms with van der Waals surface area (Å²) in [7, 11) is 0. The molecule has 17 heavy (non-hydrogen) atoms. The van der Waals surface area contributed by atoms with E-state index in [0.29, 0.717) is 0 Å². The van der Waals surface area contributed by atoms with Crippen molar-refractivity contribution in [3.63, 3.8) is 0 Å². The topological polar surface area (TPSA) is 73.8 Å². The zero-order chi connectivity index (χ0) is 11.8. The molecule has 1 aliphatic rings. The van der Waals surface area contributed by atoms with E-state index in [9.17, 15) is 10.1 Å². The third-order valence-corrected chi connectivity index (χ3v) is 2.95. The van der Waals surface area contributed by atoms with Crippen molar-refractivity contribution in [1.29, 1.82) is 0 Å². The molecule has 0 saturated carbocycles. The van der Waals surface area contributed by atoms with Gasteiger partial charge in [0.25, 0.3) is 5.69 Å². The highest BCUT2D eigenvalue weighted by Crippen LogP contribution is 2.28. The van der Waals surface area contributed by atoms with Crippen LogP contribution < -0.4 is 0 Å². The Morgan fingerprint density at radius 2 is 2.29 bits per heavy atom. The van der Waals surface area contributed by atoms with Crippen molar-refractivity contribution >= 4 is 5.69 Å². The van der Waals surface area contributed by atoms with Crippen molar-refractivity contribution in [2.24, 2.45) is 0 Å². The lowest BCUT2D eigenvalue weighted by Crippen LogP contribution is -1.93. The van der Waals surface area contributed by atoms with Crippen LogP contribution in [0.4, 0.5) is 5.69 Å². The molecule has 0 amide bonds. The Balaban J connectivity index is 2.09. The van der Waals surface area contributed by atoms with E-state index in [1.165, 1.54) is 6.07 Å². The molecular formula is C11H10N4O2. The van der Waals surface area contributed by atoms with Crippen LogP contribution in [0.15, 0.2) is 24.3 Å². The van der Waals surface area contributed by atoms with Crippen LogP contribution in [-0.4, -0.2) is 19.9 Å². The Labute approximate surface area is 97.0 Å². The summed E-state index contributed by atoms with van der Waals surface area (Å²) in [4.78, 5) is 10.3. The normalized spacial score (nSPS) is 13.6. The molecule has 1 aromatic heterocycles. The van der Waals surface area contributed by atoms with Gasteiger partial charge in [0.2, 0.25) is 0 Å². The molecule has 0 aliphatic carbocycles. The van der Waals surface area contributed by atoms with Gasteiger partial charge in [0.1, 0.15) is 5.69 Å². The second-order valence-corrected chi connectivity index (χ2v) is 4.02. The largest absolute Gasteiger partial charge is 0.270 e. The monoisotopic (exact) mass is 230 g/mol. The number of fused-ring (bicyclic) bond motifs is 1. The summed E-state index contributed by atoms with van der Waals surface area (Å²) in [6.45, 7) is 0.886. The molecule has 0 radical (unpaired) electrons. The highest BCUT2D eigenvalue weighted by Gasteiger charge is 2.20. The van der Waals surface area contributed by atoms with Gasteiger partial charge >= 0.3 is 0 Å². The average Bonchev–Trinajstić information content (AvgIpc) is 2.90. The van der Waals surface area contributed by atoms with Crippen LogP contribution in [0.25, 0.3) is 11.3 Å². The molecule has 86 valence electrons. The Hall–Kier alpha value is -2.24. The van der Waals surface area contributed by atoms with Gasteiger partial charge in [0, 0.05) is 24.2 Å². The maximum atomic E-state index is 10.7. The molecule has 0 N–H and O–H groups in total. The molecule has 1 aliphatic heterocycles. The zero-order valence-electron chi connectivity index (χ0n) is 9.04. The first kappa shape index (κ1) is 9.95. The average molecular weight is 230 g/mol. The van der Waals surface area contributed by atoms with Gasteiger partial charge in [0.05, 0.1) is 10.6 Å². The van der Waals surface area contributed by atoms with E-state index in [0.717, 1.165) is 36.3 Å². The number of rotatable bonds is 2. The first-order valence-electron chi connectivity index (χ1n) is 5.43. The maximum Gasteiger partial charge on any atom is 0.270 e. The van der Waals surface area contributed by atoms with Crippen molar-refractivity contribution in [3.8, 4) is 11.3 Å². The van der Waals surface area contributed by atoms with Gasteiger partial charge in [-0.2, -0.15) is 0 Å². The second kappa shape index (κ2) is 3.65. The molecule has 2 heterocycles. The Morgan fingerprint density at radius 1 is 1.41 bits per heavy atom. The summed E-state index contributed by atoms with van der Waals surface area (Å²) < 4.78 is 1.87. The van der Waals surface area contributed by atoms with E-state index in [1.54, 1.807) is 12.1 Å². The summed E-state index contributed by atoms with van der Waals surface area (Å²) in [6, 6.07) is 6.53. The first-order valence-corrected chi connectivity index (χ1v) is 5.43. The number of nitrogens with zero attached hydrogens (tertiary/aromatic N) is 4. The molecule has 0 bridgehead atoms. The standard InChI is InChI=1S/C11H10N4O2/c16-15(17)9-4-1-3-8(7-9)11-10-5-2-6-14(10)13-12-11/h1,3-4,7H,2,5-6H2. The number of benzene rings is 1. The molecule has 0 unspecified atom stereocenters. The molecule has 0 atom stereocenters. The molecule has 3 rings (SSSR count). The highest BCUT2D eigenvalue weighted by atomic mass is 16.6. The summed E-state index contributed by atoms with van der Waals surface area (Å²) in [5.41, 5.74) is 2.70. The van der Waals surface area contributed by atoms with E-state index in [4.69, 9.17) is 0 Å². The minimum absolute atomic E-state index is 0.0854. The van der Waals surface area contributed by atoms with E-state index in [-0.39, 0.29) is 5.69 Å². The fourth-order valence-electron chi connectivity index (χ4n) is 2.15. The molecule has 0 saturated heterocycles. The van der Waals surface area contributed by atoms with Gasteiger partial charge in [-0.1, -0.05) is 17.3 Å². The molecule has 2 aromatic rings. The third kappa shape index (κ3) is 1.57. The molecule has 6 heteroatoms. The number of hydrogen-bond donors (Lipinski definition) is 0. The van der Waals surface area contributed by atoms with Crippen LogP contribution in [0.3, 0.4) is 0 Å². The lowest BCUT2D eigenvalue weighted by molar-refractivity contribution is -0.384. The van der Waals surface area contributed by atoms with Gasteiger partial charge in [0.15, 0.2) is 0 Å². The lowest BCUT2D eigenvalue weighted by atomic mass is 10.1. The predicted octanol–water partition coefficient (Wildman–Crippen LogP) is 1.80. The van der Waals surface area contributed by atoms with Crippen molar-refractivity contribution in [2.45, 2.75) is 19.4 Å². The van der Waals surface area contributed by atoms with E-state index >= 15 is 0 Å². The Bertz CT molecular complexity index is 591. The van der Waals surface area contributed by atoms with Crippen LogP contribution >= 0.6 is 0 Å². The van der Waals surface area contributed by atoms with Crippen LogP contribution in [-0.2, 0) is 13.0 Å². The van der Waals surface area contributed by atoms with Crippen molar-refractivity contribution in [2.75, 3.05) is 0 Å². The Morgan fingerprint density at radius 3 is 3.12 bits per heavy atom. The number of aryl methyl sites for hydroxylation is 1. The molecule has 0 spiro atoms. The minimum atomic E-state index is -0.396. The fraction of sp³-hybridized carbons (Fsp3) is 0.273. The van der Waals surface area contributed by atoms with Crippen molar-refractivity contribution in [3.05, 3.63) is 40.1 Å². The van der Waals surface area contributed by atoms with E-state index < -0.39 is 4.92 Å². The number of nitro benzene ring substituents is 1. The zero-order valence-corrected chi connectivity index (χ0v) is 9.04. The van der Waals surface area contributed by atoms with Gasteiger partial charge in [-0.05, 0) is 12.8 Å². The van der Waals surface area contributed by atoms with Gasteiger partial charge in [-0.15, -0.1) is 5.10 Å². The van der Waals surface area contributed by atoms with E-state index in [2.05, 4.69) is 10.3 Å². The minimum Gasteiger partial charge on any atom is -0.258 e. The molecule has 0 fully saturated rings. The maximum absolute atomic E-state index is 10.7. The molecule has 6 nitrogen and oxygen atoms in total. The quantitative estimate of drug-likeness (QED) is 0.582. The number of aromatic nitrogens is 3. The molecular weight excluding hydrogens is 220 g/mol. The van der Waals surface area contributed by atoms with Crippen LogP contribution in [0.5, 0.6) is 0 Å².